The summed E-state index contributed by atoms with van der Waals surface area (Å²) in [6, 6.07) is 3.20. The van der Waals surface area contributed by atoms with Gasteiger partial charge in [-0.05, 0) is 35.1 Å². The van der Waals surface area contributed by atoms with Crippen LogP contribution in [0.4, 0.5) is 5.13 Å². The standard InChI is InChI=1S/C13H15BrN4O3S/c1-15-4-5-16-11(19)6-8-7-22-13(17-8)18-12(20)9-2-3-10(14)21-9/h2-3,7,15H,4-6H2,1H3,(H,16,19)(H,17,18,20). The number of amides is 2. The lowest BCUT2D eigenvalue weighted by molar-refractivity contribution is -0.120. The average molecular weight is 387 g/mol. The Morgan fingerprint density at radius 1 is 1.36 bits per heavy atom. The van der Waals surface area contributed by atoms with Crippen molar-refractivity contribution < 1.29 is 14.0 Å². The molecule has 118 valence electrons. The quantitative estimate of drug-likeness (QED) is 0.628. The summed E-state index contributed by atoms with van der Waals surface area (Å²) in [5, 5.41) is 10.5. The molecular weight excluding hydrogens is 372 g/mol. The highest BCUT2D eigenvalue weighted by atomic mass is 79.9. The first kappa shape index (κ1) is 16.7. The summed E-state index contributed by atoms with van der Waals surface area (Å²) in [7, 11) is 1.82. The highest BCUT2D eigenvalue weighted by molar-refractivity contribution is 9.10. The number of aromatic nitrogens is 1. The molecule has 0 saturated carbocycles. The fourth-order valence-corrected chi connectivity index (χ4v) is 2.61. The van der Waals surface area contributed by atoms with Crippen molar-refractivity contribution in [1.29, 1.82) is 0 Å². The third-order valence-electron chi connectivity index (χ3n) is 2.61. The summed E-state index contributed by atoms with van der Waals surface area (Å²) in [5.74, 6) is -0.299. The van der Waals surface area contributed by atoms with E-state index in [-0.39, 0.29) is 24.0 Å². The van der Waals surface area contributed by atoms with Gasteiger partial charge in [0.1, 0.15) is 0 Å². The first-order valence-electron chi connectivity index (χ1n) is 6.51. The van der Waals surface area contributed by atoms with Gasteiger partial charge in [0, 0.05) is 18.5 Å². The molecule has 0 unspecified atom stereocenters. The van der Waals surface area contributed by atoms with Gasteiger partial charge in [-0.25, -0.2) is 4.98 Å². The minimum atomic E-state index is -0.384. The molecule has 2 rings (SSSR count). The number of nitrogens with one attached hydrogen (secondary N) is 3. The number of halogens is 1. The van der Waals surface area contributed by atoms with Crippen molar-refractivity contribution in [3.05, 3.63) is 33.6 Å². The zero-order valence-electron chi connectivity index (χ0n) is 11.8. The number of carbonyl (C=O) groups is 2. The second kappa shape index (κ2) is 8.06. The molecule has 0 atom stereocenters. The van der Waals surface area contributed by atoms with Gasteiger partial charge >= 0.3 is 0 Å². The predicted octanol–water partition coefficient (Wildman–Crippen LogP) is 1.63. The van der Waals surface area contributed by atoms with E-state index in [1.165, 1.54) is 11.3 Å². The predicted molar refractivity (Wildman–Crippen MR) is 87.1 cm³/mol. The smallest absolute Gasteiger partial charge is 0.293 e. The highest BCUT2D eigenvalue weighted by Crippen LogP contribution is 2.19. The molecule has 3 N–H and O–H groups in total. The van der Waals surface area contributed by atoms with E-state index in [9.17, 15) is 9.59 Å². The number of rotatable bonds is 7. The fourth-order valence-electron chi connectivity index (χ4n) is 1.59. The van der Waals surface area contributed by atoms with Crippen LogP contribution in [0.25, 0.3) is 0 Å². The Morgan fingerprint density at radius 2 is 2.18 bits per heavy atom. The van der Waals surface area contributed by atoms with E-state index in [1.54, 1.807) is 17.5 Å². The highest BCUT2D eigenvalue weighted by Gasteiger charge is 2.13. The van der Waals surface area contributed by atoms with Crippen molar-refractivity contribution in [2.24, 2.45) is 0 Å². The number of likely N-dealkylation sites (N-methyl/N-ethyl adjacent to an activating group) is 1. The number of anilines is 1. The van der Waals surface area contributed by atoms with Crippen molar-refractivity contribution in [1.82, 2.24) is 15.6 Å². The largest absolute Gasteiger partial charge is 0.444 e. The summed E-state index contributed by atoms with van der Waals surface area (Å²) in [6.45, 7) is 1.28. The van der Waals surface area contributed by atoms with Crippen LogP contribution in [0.2, 0.25) is 0 Å². The van der Waals surface area contributed by atoms with Crippen LogP contribution in [0.1, 0.15) is 16.2 Å². The van der Waals surface area contributed by atoms with E-state index in [4.69, 9.17) is 4.42 Å². The maximum Gasteiger partial charge on any atom is 0.293 e. The van der Waals surface area contributed by atoms with E-state index in [2.05, 4.69) is 36.9 Å². The molecule has 0 saturated heterocycles. The second-order valence-electron chi connectivity index (χ2n) is 4.33. The average Bonchev–Trinajstić information content (AvgIpc) is 3.08. The third-order valence-corrected chi connectivity index (χ3v) is 3.84. The normalized spacial score (nSPS) is 10.5. The van der Waals surface area contributed by atoms with Crippen LogP contribution in [-0.4, -0.2) is 36.9 Å². The van der Waals surface area contributed by atoms with E-state index < -0.39 is 0 Å². The number of hydrogen-bond acceptors (Lipinski definition) is 6. The Bertz CT molecular complexity index is 655. The van der Waals surface area contributed by atoms with Gasteiger partial charge in [-0.3, -0.25) is 14.9 Å². The third kappa shape index (κ3) is 4.93. The molecule has 0 radical (unpaired) electrons. The number of hydrogen-bond donors (Lipinski definition) is 3. The van der Waals surface area contributed by atoms with Gasteiger partial charge < -0.3 is 15.1 Å². The van der Waals surface area contributed by atoms with Crippen LogP contribution in [-0.2, 0) is 11.2 Å². The van der Waals surface area contributed by atoms with Gasteiger partial charge in [-0.1, -0.05) is 0 Å². The van der Waals surface area contributed by atoms with Crippen LogP contribution >= 0.6 is 27.3 Å². The molecule has 2 aromatic rings. The minimum Gasteiger partial charge on any atom is -0.444 e. The van der Waals surface area contributed by atoms with E-state index in [1.807, 2.05) is 7.05 Å². The SMILES string of the molecule is CNCCNC(=O)Cc1csc(NC(=O)c2ccc(Br)o2)n1. The van der Waals surface area contributed by atoms with E-state index in [0.29, 0.717) is 28.6 Å². The van der Waals surface area contributed by atoms with Gasteiger partial charge in [0.2, 0.25) is 5.91 Å². The molecular formula is C13H15BrN4O3S. The van der Waals surface area contributed by atoms with Gasteiger partial charge in [-0.2, -0.15) is 0 Å². The summed E-state index contributed by atoms with van der Waals surface area (Å²) < 4.78 is 5.64. The van der Waals surface area contributed by atoms with E-state index >= 15 is 0 Å². The number of thiazole rings is 1. The maximum absolute atomic E-state index is 11.9. The zero-order chi connectivity index (χ0) is 15.9. The minimum absolute atomic E-state index is 0.103. The summed E-state index contributed by atoms with van der Waals surface area (Å²) in [4.78, 5) is 27.8. The Labute approximate surface area is 139 Å². The van der Waals surface area contributed by atoms with Crippen molar-refractivity contribution in [2.45, 2.75) is 6.42 Å². The van der Waals surface area contributed by atoms with Gasteiger partial charge in [0.05, 0.1) is 12.1 Å². The van der Waals surface area contributed by atoms with Crippen molar-refractivity contribution in [2.75, 3.05) is 25.5 Å². The molecule has 7 nitrogen and oxygen atoms in total. The van der Waals surface area contributed by atoms with Gasteiger partial charge in [0.15, 0.2) is 15.6 Å². The Hall–Kier alpha value is -1.71. The maximum atomic E-state index is 11.9. The van der Waals surface area contributed by atoms with Gasteiger partial charge in [-0.15, -0.1) is 11.3 Å². The van der Waals surface area contributed by atoms with Gasteiger partial charge in [0.25, 0.3) is 5.91 Å². The van der Waals surface area contributed by atoms with Crippen LogP contribution in [0.15, 0.2) is 26.6 Å². The second-order valence-corrected chi connectivity index (χ2v) is 5.97. The first-order valence-corrected chi connectivity index (χ1v) is 8.18. The molecule has 0 bridgehead atoms. The lowest BCUT2D eigenvalue weighted by Gasteiger charge is -2.02. The number of furan rings is 1. The molecule has 2 amide bonds. The lowest BCUT2D eigenvalue weighted by Crippen LogP contribution is -2.31. The van der Waals surface area contributed by atoms with Crippen LogP contribution < -0.4 is 16.0 Å². The Kier molecular flexibility index (Phi) is 6.10. The molecule has 0 aromatic carbocycles. The molecule has 2 heterocycles. The molecule has 0 aliphatic rings. The zero-order valence-corrected chi connectivity index (χ0v) is 14.2. The molecule has 2 aromatic heterocycles. The first-order chi connectivity index (χ1) is 10.6. The molecule has 9 heteroatoms. The lowest BCUT2D eigenvalue weighted by atomic mass is 10.3. The fraction of sp³-hybridized carbons (Fsp3) is 0.308. The summed E-state index contributed by atoms with van der Waals surface area (Å²) >= 11 is 4.40. The topological polar surface area (TPSA) is 96.3 Å². The van der Waals surface area contributed by atoms with Crippen LogP contribution in [0.5, 0.6) is 0 Å². The summed E-state index contributed by atoms with van der Waals surface area (Å²) in [6.07, 6.45) is 0.183. The summed E-state index contributed by atoms with van der Waals surface area (Å²) in [5.41, 5.74) is 0.614. The molecule has 0 spiro atoms. The molecule has 22 heavy (non-hydrogen) atoms. The number of nitrogens with zero attached hydrogens (tertiary/aromatic N) is 1. The van der Waals surface area contributed by atoms with Crippen LogP contribution in [0, 0.1) is 0 Å². The Balaban J connectivity index is 1.86. The molecule has 0 aliphatic carbocycles. The van der Waals surface area contributed by atoms with Crippen molar-refractivity contribution >= 4 is 44.2 Å². The van der Waals surface area contributed by atoms with Crippen molar-refractivity contribution in [3.63, 3.8) is 0 Å². The van der Waals surface area contributed by atoms with Crippen LogP contribution in [0.3, 0.4) is 0 Å². The van der Waals surface area contributed by atoms with Crippen molar-refractivity contribution in [3.8, 4) is 0 Å². The molecule has 0 aliphatic heterocycles. The van der Waals surface area contributed by atoms with E-state index in [0.717, 1.165) is 0 Å². The number of carbonyl (C=O) groups excluding carboxylic acids is 2. The molecule has 0 fully saturated rings. The Morgan fingerprint density at radius 3 is 2.86 bits per heavy atom. The monoisotopic (exact) mass is 386 g/mol.